The first-order valence-electron chi connectivity index (χ1n) is 9.82. The van der Waals surface area contributed by atoms with Crippen LogP contribution in [0.1, 0.15) is 25.2 Å². The molecule has 0 saturated carbocycles. The van der Waals surface area contributed by atoms with E-state index in [4.69, 9.17) is 9.72 Å². The number of hydrogen-bond acceptors (Lipinski definition) is 5. The third-order valence-corrected chi connectivity index (χ3v) is 4.65. The summed E-state index contributed by atoms with van der Waals surface area (Å²) in [4.78, 5) is 16.4. The fourth-order valence-electron chi connectivity index (χ4n) is 3.19. The number of H-pyrrole nitrogens is 1. The highest BCUT2D eigenvalue weighted by Crippen LogP contribution is 2.21. The van der Waals surface area contributed by atoms with Gasteiger partial charge in [0.1, 0.15) is 11.6 Å². The number of amides is 1. The average Bonchev–Trinajstić information content (AvgIpc) is 3.33. The Kier molecular flexibility index (Phi) is 5.47. The zero-order valence-corrected chi connectivity index (χ0v) is 17.2. The van der Waals surface area contributed by atoms with Gasteiger partial charge in [-0.25, -0.2) is 4.98 Å². The number of aryl methyl sites for hydroxylation is 1. The van der Waals surface area contributed by atoms with Gasteiger partial charge in [-0.15, -0.1) is 0 Å². The molecule has 0 saturated heterocycles. The van der Waals surface area contributed by atoms with E-state index in [2.05, 4.69) is 32.7 Å². The molecule has 8 heteroatoms. The predicted molar refractivity (Wildman–Crippen MR) is 114 cm³/mol. The molecule has 154 valence electrons. The fraction of sp³-hybridized carbons (Fsp3) is 0.273. The van der Waals surface area contributed by atoms with E-state index in [1.165, 1.54) is 0 Å². The van der Waals surface area contributed by atoms with E-state index < -0.39 is 0 Å². The third kappa shape index (κ3) is 4.48. The lowest BCUT2D eigenvalue weighted by Crippen LogP contribution is -2.34. The number of ether oxygens (including phenoxy) is 1. The van der Waals surface area contributed by atoms with Gasteiger partial charge in [0, 0.05) is 30.5 Å². The topological polar surface area (TPSA) is 97.7 Å². The normalized spacial score (nSPS) is 11.2. The van der Waals surface area contributed by atoms with Gasteiger partial charge in [-0.2, -0.15) is 10.2 Å². The Hall–Kier alpha value is -3.68. The molecule has 2 aromatic heterocycles. The molecule has 0 aliphatic rings. The maximum absolute atomic E-state index is 11.7. The minimum atomic E-state index is -0.140. The molecular formula is C22H24N6O2. The molecule has 0 fully saturated rings. The highest BCUT2D eigenvalue weighted by Gasteiger charge is 2.11. The van der Waals surface area contributed by atoms with Crippen molar-refractivity contribution < 1.29 is 9.53 Å². The molecule has 0 unspecified atom stereocenters. The van der Waals surface area contributed by atoms with E-state index in [0.717, 1.165) is 27.9 Å². The Labute approximate surface area is 174 Å². The second-order valence-corrected chi connectivity index (χ2v) is 7.48. The summed E-state index contributed by atoms with van der Waals surface area (Å²) in [5, 5.41) is 15.4. The lowest BCUT2D eigenvalue weighted by Gasteiger charge is -2.09. The van der Waals surface area contributed by atoms with Crippen LogP contribution in [-0.2, 0) is 18.3 Å². The van der Waals surface area contributed by atoms with Crippen molar-refractivity contribution in [2.45, 2.75) is 26.3 Å². The van der Waals surface area contributed by atoms with E-state index >= 15 is 0 Å². The smallest absolute Gasteiger partial charge is 0.258 e. The number of fused-ring (bicyclic) bond motifs is 1. The third-order valence-electron chi connectivity index (χ3n) is 4.65. The standard InChI is InChI=1S/C22H24N6O2/c1-14(2)24-21(29)13-30-18-7-5-16(6-8-18)22-25-20(28(3)27-22)11-15-4-9-19-17(10-15)12-23-26-19/h4-10,12,14H,11,13H2,1-3H3,(H,23,26)(H,24,29). The lowest BCUT2D eigenvalue weighted by molar-refractivity contribution is -0.123. The van der Waals surface area contributed by atoms with Gasteiger partial charge < -0.3 is 10.1 Å². The Balaban J connectivity index is 1.43. The van der Waals surface area contributed by atoms with Crippen LogP contribution in [0.15, 0.2) is 48.7 Å². The number of nitrogens with one attached hydrogen (secondary N) is 2. The molecule has 4 rings (SSSR count). The minimum absolute atomic E-state index is 0.00941. The molecule has 1 amide bonds. The zero-order chi connectivity index (χ0) is 21.1. The highest BCUT2D eigenvalue weighted by atomic mass is 16.5. The molecule has 0 aliphatic heterocycles. The SMILES string of the molecule is CC(C)NC(=O)COc1ccc(-c2nc(Cc3ccc4[nH]ncc4c3)n(C)n2)cc1. The Morgan fingerprint density at radius 1 is 1.20 bits per heavy atom. The molecule has 0 bridgehead atoms. The van der Waals surface area contributed by atoms with Gasteiger partial charge in [0.05, 0.1) is 11.7 Å². The van der Waals surface area contributed by atoms with Gasteiger partial charge >= 0.3 is 0 Å². The Bertz CT molecular complexity index is 1160. The highest BCUT2D eigenvalue weighted by molar-refractivity contribution is 5.78. The van der Waals surface area contributed by atoms with Gasteiger partial charge in [0.2, 0.25) is 0 Å². The molecule has 30 heavy (non-hydrogen) atoms. The van der Waals surface area contributed by atoms with E-state index in [-0.39, 0.29) is 18.6 Å². The molecule has 0 aliphatic carbocycles. The summed E-state index contributed by atoms with van der Waals surface area (Å²) < 4.78 is 7.33. The zero-order valence-electron chi connectivity index (χ0n) is 17.2. The van der Waals surface area contributed by atoms with E-state index in [1.54, 1.807) is 4.68 Å². The van der Waals surface area contributed by atoms with Crippen molar-refractivity contribution in [2.75, 3.05) is 6.61 Å². The molecule has 0 radical (unpaired) electrons. The van der Waals surface area contributed by atoms with Gasteiger partial charge in [-0.05, 0) is 55.8 Å². The van der Waals surface area contributed by atoms with Crippen molar-refractivity contribution in [3.8, 4) is 17.1 Å². The van der Waals surface area contributed by atoms with E-state index in [9.17, 15) is 4.79 Å². The van der Waals surface area contributed by atoms with Crippen LogP contribution in [0.4, 0.5) is 0 Å². The largest absolute Gasteiger partial charge is 0.484 e. The second kappa shape index (κ2) is 8.36. The molecule has 0 atom stereocenters. The second-order valence-electron chi connectivity index (χ2n) is 7.48. The number of aromatic amines is 1. The first-order valence-corrected chi connectivity index (χ1v) is 9.82. The number of rotatable bonds is 7. The summed E-state index contributed by atoms with van der Waals surface area (Å²) in [5.41, 5.74) is 3.05. The first-order chi connectivity index (χ1) is 14.5. The van der Waals surface area contributed by atoms with Crippen molar-refractivity contribution in [2.24, 2.45) is 7.05 Å². The number of benzene rings is 2. The fourth-order valence-corrected chi connectivity index (χ4v) is 3.19. The molecule has 2 N–H and O–H groups in total. The maximum Gasteiger partial charge on any atom is 0.258 e. The Morgan fingerprint density at radius 2 is 2.00 bits per heavy atom. The van der Waals surface area contributed by atoms with Gasteiger partial charge in [0.15, 0.2) is 12.4 Å². The number of aromatic nitrogens is 5. The van der Waals surface area contributed by atoms with Crippen LogP contribution in [-0.4, -0.2) is 43.5 Å². The molecule has 8 nitrogen and oxygen atoms in total. The minimum Gasteiger partial charge on any atom is -0.484 e. The molecular weight excluding hydrogens is 380 g/mol. The van der Waals surface area contributed by atoms with E-state index in [1.807, 2.05) is 57.4 Å². The summed E-state index contributed by atoms with van der Waals surface area (Å²) >= 11 is 0. The number of carbonyl (C=O) groups excluding carboxylic acids is 1. The lowest BCUT2D eigenvalue weighted by atomic mass is 10.1. The van der Waals surface area contributed by atoms with E-state index in [0.29, 0.717) is 18.0 Å². The van der Waals surface area contributed by atoms with Crippen molar-refractivity contribution in [1.82, 2.24) is 30.3 Å². The van der Waals surface area contributed by atoms with Crippen molar-refractivity contribution in [1.29, 1.82) is 0 Å². The van der Waals surface area contributed by atoms with Gasteiger partial charge in [-0.1, -0.05) is 6.07 Å². The van der Waals surface area contributed by atoms with Crippen LogP contribution in [0.2, 0.25) is 0 Å². The Morgan fingerprint density at radius 3 is 2.77 bits per heavy atom. The first kappa shape index (κ1) is 19.6. The summed E-state index contributed by atoms with van der Waals surface area (Å²) in [6.45, 7) is 3.82. The van der Waals surface area contributed by atoms with Crippen LogP contribution in [0.25, 0.3) is 22.3 Å². The number of nitrogens with zero attached hydrogens (tertiary/aromatic N) is 4. The summed E-state index contributed by atoms with van der Waals surface area (Å²) in [6, 6.07) is 13.7. The van der Waals surface area contributed by atoms with Gasteiger partial charge in [0.25, 0.3) is 5.91 Å². The molecule has 4 aromatic rings. The maximum atomic E-state index is 11.7. The quantitative estimate of drug-likeness (QED) is 0.494. The number of hydrogen-bond donors (Lipinski definition) is 2. The van der Waals surface area contributed by atoms with Crippen LogP contribution in [0.3, 0.4) is 0 Å². The summed E-state index contributed by atoms with van der Waals surface area (Å²) in [6.07, 6.45) is 2.49. The average molecular weight is 404 g/mol. The van der Waals surface area contributed by atoms with Crippen LogP contribution >= 0.6 is 0 Å². The van der Waals surface area contributed by atoms with Crippen molar-refractivity contribution in [3.05, 3.63) is 60.0 Å². The van der Waals surface area contributed by atoms with Crippen molar-refractivity contribution >= 4 is 16.8 Å². The predicted octanol–water partition coefficient (Wildman–Crippen LogP) is 2.85. The van der Waals surface area contributed by atoms with Gasteiger partial charge in [-0.3, -0.25) is 14.6 Å². The molecule has 2 aromatic carbocycles. The monoisotopic (exact) mass is 404 g/mol. The van der Waals surface area contributed by atoms with Crippen LogP contribution < -0.4 is 10.1 Å². The molecule has 0 spiro atoms. The molecule has 2 heterocycles. The van der Waals surface area contributed by atoms with Crippen LogP contribution in [0, 0.1) is 0 Å². The number of carbonyl (C=O) groups is 1. The summed E-state index contributed by atoms with van der Waals surface area (Å²) in [7, 11) is 1.90. The summed E-state index contributed by atoms with van der Waals surface area (Å²) in [5.74, 6) is 2.01. The van der Waals surface area contributed by atoms with Crippen LogP contribution in [0.5, 0.6) is 5.75 Å². The van der Waals surface area contributed by atoms with Crippen molar-refractivity contribution in [3.63, 3.8) is 0 Å².